The molecule has 37 heavy (non-hydrogen) atoms. The minimum Gasteiger partial charge on any atom is -0.444 e. The van der Waals surface area contributed by atoms with Gasteiger partial charge in [-0.25, -0.2) is 9.18 Å². The van der Waals surface area contributed by atoms with Crippen LogP contribution in [-0.2, 0) is 16.0 Å². The molecule has 0 aromatic heterocycles. The largest absolute Gasteiger partial charge is 0.444 e. The summed E-state index contributed by atoms with van der Waals surface area (Å²) in [6.45, 7) is 8.39. The van der Waals surface area contributed by atoms with Crippen molar-refractivity contribution in [3.05, 3.63) is 29.6 Å². The van der Waals surface area contributed by atoms with E-state index in [-0.39, 0.29) is 30.1 Å². The molecule has 1 aromatic carbocycles. The number of likely N-dealkylation sites (N-methyl/N-ethyl adjacent to an activating group) is 1. The molecule has 4 fully saturated rings. The van der Waals surface area contributed by atoms with Crippen LogP contribution < -0.4 is 10.2 Å². The molecule has 3 saturated heterocycles. The molecule has 3 aliphatic heterocycles. The van der Waals surface area contributed by atoms with Gasteiger partial charge in [-0.1, -0.05) is 6.07 Å². The number of anilines is 1. The lowest BCUT2D eigenvalue weighted by molar-refractivity contribution is -0.128. The van der Waals surface area contributed by atoms with E-state index >= 15 is 4.39 Å². The summed E-state index contributed by atoms with van der Waals surface area (Å²) in [6.07, 6.45) is 3.16. The van der Waals surface area contributed by atoms with Gasteiger partial charge in [-0.05, 0) is 83.0 Å². The molecule has 5 rings (SSSR count). The Hall–Kier alpha value is -2.86. The fraction of sp³-hybridized carbons (Fsp3) is 0.679. The maximum atomic E-state index is 15.2. The van der Waals surface area contributed by atoms with Crippen molar-refractivity contribution in [1.29, 1.82) is 5.26 Å². The molecule has 3 heterocycles. The second-order valence-corrected chi connectivity index (χ2v) is 12.3. The SMILES string of the molecule is CN1CC2CCN(c3ccc(C[C@@H](C#N)NC(=O)C4C5CCC(C5)N4C(=O)OC(C)(C)C)c(F)c3)C2C1. The summed E-state index contributed by atoms with van der Waals surface area (Å²) in [5, 5.41) is 12.6. The van der Waals surface area contributed by atoms with Crippen LogP contribution in [0.3, 0.4) is 0 Å². The molecule has 2 amide bonds. The zero-order valence-electron chi connectivity index (χ0n) is 22.2. The average molecular weight is 512 g/mol. The number of nitrogens with zero attached hydrogens (tertiary/aromatic N) is 4. The maximum absolute atomic E-state index is 15.2. The normalized spacial score (nSPS) is 29.8. The number of hydrogen-bond donors (Lipinski definition) is 1. The second-order valence-electron chi connectivity index (χ2n) is 12.3. The summed E-state index contributed by atoms with van der Waals surface area (Å²) in [5.74, 6) is -0.0592. The van der Waals surface area contributed by atoms with Crippen molar-refractivity contribution in [1.82, 2.24) is 15.1 Å². The molecule has 9 heteroatoms. The van der Waals surface area contributed by atoms with Crippen LogP contribution >= 0.6 is 0 Å². The molecule has 1 aliphatic carbocycles. The van der Waals surface area contributed by atoms with E-state index in [2.05, 4.69) is 28.2 Å². The molecule has 5 unspecified atom stereocenters. The second kappa shape index (κ2) is 9.79. The van der Waals surface area contributed by atoms with Gasteiger partial charge in [-0.2, -0.15) is 5.26 Å². The number of carbonyl (C=O) groups excluding carboxylic acids is 2. The van der Waals surface area contributed by atoms with E-state index in [1.54, 1.807) is 37.8 Å². The number of amides is 2. The molecule has 8 nitrogen and oxygen atoms in total. The fourth-order valence-corrected chi connectivity index (χ4v) is 6.88. The summed E-state index contributed by atoms with van der Waals surface area (Å²) in [4.78, 5) is 32.4. The van der Waals surface area contributed by atoms with Gasteiger partial charge in [0, 0.05) is 43.8 Å². The number of likely N-dealkylation sites (tertiary alicyclic amines) is 2. The van der Waals surface area contributed by atoms with E-state index in [4.69, 9.17) is 4.74 Å². The number of ether oxygens (including phenoxy) is 1. The lowest BCUT2D eigenvalue weighted by Gasteiger charge is -2.35. The highest BCUT2D eigenvalue weighted by Gasteiger charge is 2.52. The molecule has 0 spiro atoms. The summed E-state index contributed by atoms with van der Waals surface area (Å²) in [7, 11) is 2.12. The van der Waals surface area contributed by atoms with Crippen LogP contribution in [0.25, 0.3) is 0 Å². The predicted molar refractivity (Wildman–Crippen MR) is 137 cm³/mol. The molecule has 1 saturated carbocycles. The molecular weight excluding hydrogens is 473 g/mol. The third-order valence-electron chi connectivity index (χ3n) is 8.45. The number of benzene rings is 1. The van der Waals surface area contributed by atoms with Gasteiger partial charge in [0.25, 0.3) is 0 Å². The van der Waals surface area contributed by atoms with Crippen molar-refractivity contribution in [3.8, 4) is 6.07 Å². The number of fused-ring (bicyclic) bond motifs is 3. The van der Waals surface area contributed by atoms with Crippen molar-refractivity contribution in [2.24, 2.45) is 11.8 Å². The third kappa shape index (κ3) is 5.13. The highest BCUT2D eigenvalue weighted by atomic mass is 19.1. The first kappa shape index (κ1) is 25.8. The number of halogens is 1. The Kier molecular flexibility index (Phi) is 6.82. The summed E-state index contributed by atoms with van der Waals surface area (Å²) in [5.41, 5.74) is 0.603. The van der Waals surface area contributed by atoms with Crippen LogP contribution in [0.5, 0.6) is 0 Å². The average Bonchev–Trinajstić information content (AvgIpc) is 3.59. The number of nitriles is 1. The Bertz CT molecular complexity index is 1100. The zero-order valence-corrected chi connectivity index (χ0v) is 22.2. The molecule has 1 N–H and O–H groups in total. The van der Waals surface area contributed by atoms with Crippen molar-refractivity contribution in [2.75, 3.05) is 31.6 Å². The first-order valence-electron chi connectivity index (χ1n) is 13.5. The highest BCUT2D eigenvalue weighted by molar-refractivity contribution is 5.87. The van der Waals surface area contributed by atoms with Crippen molar-refractivity contribution in [3.63, 3.8) is 0 Å². The lowest BCUT2D eigenvalue weighted by Crippen LogP contribution is -2.55. The van der Waals surface area contributed by atoms with Gasteiger partial charge in [-0.3, -0.25) is 9.69 Å². The molecule has 200 valence electrons. The number of carbonyl (C=O) groups is 2. The van der Waals surface area contributed by atoms with Crippen LogP contribution in [0, 0.1) is 29.0 Å². The molecule has 2 bridgehead atoms. The van der Waals surface area contributed by atoms with Gasteiger partial charge in [0.15, 0.2) is 0 Å². The van der Waals surface area contributed by atoms with E-state index in [9.17, 15) is 14.9 Å². The lowest BCUT2D eigenvalue weighted by atomic mass is 9.97. The fourth-order valence-electron chi connectivity index (χ4n) is 6.88. The molecule has 6 atom stereocenters. The Morgan fingerprint density at radius 2 is 2.00 bits per heavy atom. The summed E-state index contributed by atoms with van der Waals surface area (Å²) >= 11 is 0. The van der Waals surface area contributed by atoms with Crippen LogP contribution in [0.1, 0.15) is 52.0 Å². The van der Waals surface area contributed by atoms with Gasteiger partial charge < -0.3 is 19.9 Å². The monoisotopic (exact) mass is 511 g/mol. The minimum atomic E-state index is -0.896. The maximum Gasteiger partial charge on any atom is 0.411 e. The predicted octanol–water partition coefficient (Wildman–Crippen LogP) is 3.30. The van der Waals surface area contributed by atoms with E-state index in [0.29, 0.717) is 17.5 Å². The van der Waals surface area contributed by atoms with Crippen molar-refractivity contribution >= 4 is 17.7 Å². The van der Waals surface area contributed by atoms with Crippen molar-refractivity contribution in [2.45, 2.75) is 82.6 Å². The topological polar surface area (TPSA) is 88.9 Å². The molecular formula is C28H38FN5O3. The molecule has 0 radical (unpaired) electrons. The zero-order chi connectivity index (χ0) is 26.5. The van der Waals surface area contributed by atoms with Gasteiger partial charge in [0.1, 0.15) is 23.5 Å². The quantitative estimate of drug-likeness (QED) is 0.653. The molecule has 1 aromatic rings. The number of rotatable bonds is 5. The first-order chi connectivity index (χ1) is 17.5. The third-order valence-corrected chi connectivity index (χ3v) is 8.45. The number of nitrogens with one attached hydrogen (secondary N) is 1. The van der Waals surface area contributed by atoms with Crippen LogP contribution in [-0.4, -0.2) is 78.3 Å². The summed E-state index contributed by atoms with van der Waals surface area (Å²) < 4.78 is 20.7. The van der Waals surface area contributed by atoms with Gasteiger partial charge in [0.2, 0.25) is 5.91 Å². The smallest absolute Gasteiger partial charge is 0.411 e. The first-order valence-corrected chi connectivity index (χ1v) is 13.5. The Morgan fingerprint density at radius 3 is 2.70 bits per heavy atom. The van der Waals surface area contributed by atoms with E-state index in [0.717, 1.165) is 51.0 Å². The van der Waals surface area contributed by atoms with Crippen molar-refractivity contribution < 1.29 is 18.7 Å². The minimum absolute atomic E-state index is 0.0223. The van der Waals surface area contributed by atoms with Gasteiger partial charge >= 0.3 is 6.09 Å². The standard InChI is InChI=1S/C28H38FN5O3/c1-28(2,3)37-27(36)34-22-8-6-18(12-22)25(34)26(35)31-20(14-30)11-17-5-7-21(13-23(17)29)33-10-9-19-15-32(4)16-24(19)33/h5,7,13,18-20,22,24-25H,6,8-12,15-16H2,1-4H3,(H,31,35)/t18?,19?,20-,22?,24?,25?/m0/s1. The van der Waals surface area contributed by atoms with E-state index in [1.165, 1.54) is 0 Å². The van der Waals surface area contributed by atoms with Crippen LogP contribution in [0.4, 0.5) is 14.9 Å². The van der Waals surface area contributed by atoms with Gasteiger partial charge in [-0.15, -0.1) is 0 Å². The Morgan fingerprint density at radius 1 is 1.22 bits per heavy atom. The summed E-state index contributed by atoms with van der Waals surface area (Å²) in [6, 6.07) is 6.17. The van der Waals surface area contributed by atoms with Gasteiger partial charge in [0.05, 0.1) is 6.07 Å². The number of hydrogen-bond acceptors (Lipinski definition) is 6. The molecule has 4 aliphatic rings. The Labute approximate surface area is 218 Å². The highest BCUT2D eigenvalue weighted by Crippen LogP contribution is 2.43. The van der Waals surface area contributed by atoms with Crippen LogP contribution in [0.2, 0.25) is 0 Å². The van der Waals surface area contributed by atoms with E-state index < -0.39 is 23.8 Å². The Balaban J connectivity index is 1.25. The van der Waals surface area contributed by atoms with E-state index in [1.807, 2.05) is 6.07 Å². The van der Waals surface area contributed by atoms with Crippen LogP contribution in [0.15, 0.2) is 18.2 Å². The number of piperidine rings is 1.